The summed E-state index contributed by atoms with van der Waals surface area (Å²) >= 11 is 0. The van der Waals surface area contributed by atoms with Crippen LogP contribution in [0.1, 0.15) is 44.4 Å². The van der Waals surface area contributed by atoms with E-state index in [1.54, 1.807) is 0 Å². The second-order valence-electron chi connectivity index (χ2n) is 3.18. The molecule has 1 heteroatoms. The Morgan fingerprint density at radius 3 is 2.00 bits per heavy atom. The zero-order chi connectivity index (χ0) is 14.5. The van der Waals surface area contributed by atoms with Crippen LogP contribution in [0.15, 0.2) is 48.5 Å². The minimum atomic E-state index is 0. The van der Waals surface area contributed by atoms with Crippen molar-refractivity contribution in [3.63, 3.8) is 0 Å². The number of rotatable bonds is 0. The van der Waals surface area contributed by atoms with Gasteiger partial charge in [0, 0.05) is 32.7 Å². The van der Waals surface area contributed by atoms with Gasteiger partial charge in [-0.05, 0) is 0 Å². The molecule has 0 unspecified atom stereocenters. The van der Waals surface area contributed by atoms with Gasteiger partial charge in [-0.25, -0.2) is 5.92 Å². The Bertz CT molecular complexity index is 504. The van der Waals surface area contributed by atoms with E-state index in [0.29, 0.717) is 0 Å². The van der Waals surface area contributed by atoms with Gasteiger partial charge >= 0.3 is 0 Å². The first kappa shape index (κ1) is 21.3. The molecular formula is C19H22Y-2. The third-order valence-corrected chi connectivity index (χ3v) is 2.06. The smallest absolute Gasteiger partial charge is 0 e. The van der Waals surface area contributed by atoms with E-state index >= 15 is 0 Å². The maximum Gasteiger partial charge on any atom is 0 e. The van der Waals surface area contributed by atoms with Crippen molar-refractivity contribution in [2.24, 2.45) is 0 Å². The van der Waals surface area contributed by atoms with Crippen molar-refractivity contribution in [3.05, 3.63) is 78.2 Å². The van der Waals surface area contributed by atoms with Crippen LogP contribution >= 0.6 is 0 Å². The zero-order valence-electron chi connectivity index (χ0n) is 12.9. The van der Waals surface area contributed by atoms with Crippen LogP contribution in [-0.4, -0.2) is 0 Å². The molecule has 0 aliphatic rings. The molecule has 0 heterocycles. The predicted molar refractivity (Wildman–Crippen MR) is 84.9 cm³/mol. The predicted octanol–water partition coefficient (Wildman–Crippen LogP) is 5.12. The average Bonchev–Trinajstić information content (AvgIpc) is 2.52. The van der Waals surface area contributed by atoms with Gasteiger partial charge in [0.25, 0.3) is 0 Å². The second-order valence-corrected chi connectivity index (χ2v) is 3.18. The van der Waals surface area contributed by atoms with E-state index in [4.69, 9.17) is 0 Å². The van der Waals surface area contributed by atoms with Crippen molar-refractivity contribution in [2.75, 3.05) is 0 Å². The molecule has 0 saturated heterocycles. The number of hydrogen-bond donors (Lipinski definition) is 0. The Morgan fingerprint density at radius 2 is 1.45 bits per heavy atom. The molecule has 0 aliphatic carbocycles. The van der Waals surface area contributed by atoms with Crippen molar-refractivity contribution >= 4 is 0 Å². The molecule has 0 aromatic heterocycles. The molecule has 2 aromatic rings. The molecule has 103 valence electrons. The quantitative estimate of drug-likeness (QED) is 0.462. The second kappa shape index (κ2) is 14.4. The van der Waals surface area contributed by atoms with Crippen molar-refractivity contribution in [3.8, 4) is 11.8 Å². The minimum absolute atomic E-state index is 0. The summed E-state index contributed by atoms with van der Waals surface area (Å²) in [4.78, 5) is 0. The fraction of sp³-hybridized carbons (Fsp3) is 0.211. The molecule has 0 saturated carbocycles. The van der Waals surface area contributed by atoms with Gasteiger partial charge in [0.05, 0.1) is 0 Å². The van der Waals surface area contributed by atoms with Crippen molar-refractivity contribution in [2.45, 2.75) is 27.7 Å². The maximum atomic E-state index is 3.92. The standard InChI is InChI=1S/C15H10.2C2H6.Y/c1-13-7-5-6-10-15(13)12-11-14-8-3-2-4-9-14;2*1-2;/h2-8,10H,1H2;2*1-2H3;/q-2;;;. The van der Waals surface area contributed by atoms with Crippen LogP contribution in [0.25, 0.3) is 0 Å². The molecule has 0 fully saturated rings. The fourth-order valence-electron chi connectivity index (χ4n) is 1.25. The van der Waals surface area contributed by atoms with Crippen LogP contribution in [0, 0.1) is 24.8 Å². The van der Waals surface area contributed by atoms with Crippen LogP contribution in [0.2, 0.25) is 0 Å². The maximum absolute atomic E-state index is 3.92. The van der Waals surface area contributed by atoms with E-state index in [0.717, 1.165) is 16.7 Å². The topological polar surface area (TPSA) is 0 Å². The molecule has 0 spiro atoms. The van der Waals surface area contributed by atoms with Gasteiger partial charge in [0.1, 0.15) is 0 Å². The van der Waals surface area contributed by atoms with E-state index in [1.807, 2.05) is 76.2 Å². The number of benzene rings is 2. The molecular weight excluding hydrogens is 317 g/mol. The van der Waals surface area contributed by atoms with Gasteiger partial charge in [-0.3, -0.25) is 0 Å². The van der Waals surface area contributed by atoms with E-state index in [-0.39, 0.29) is 32.7 Å². The molecule has 0 N–H and O–H groups in total. The Balaban J connectivity index is 0. The summed E-state index contributed by atoms with van der Waals surface area (Å²) in [5, 5.41) is 0. The summed E-state index contributed by atoms with van der Waals surface area (Å²) in [6.45, 7) is 11.9. The normalized spacial score (nSPS) is 7.40. The molecule has 20 heavy (non-hydrogen) atoms. The van der Waals surface area contributed by atoms with Crippen molar-refractivity contribution in [1.29, 1.82) is 0 Å². The first-order chi connectivity index (χ1) is 9.36. The van der Waals surface area contributed by atoms with Gasteiger partial charge in [0.2, 0.25) is 0 Å². The third-order valence-electron chi connectivity index (χ3n) is 2.06. The number of hydrogen-bond acceptors (Lipinski definition) is 0. The average molecular weight is 339 g/mol. The molecule has 2 rings (SSSR count). The van der Waals surface area contributed by atoms with Crippen LogP contribution in [0.3, 0.4) is 0 Å². The summed E-state index contributed by atoms with van der Waals surface area (Å²) in [7, 11) is 0. The molecule has 1 radical (unpaired) electrons. The Labute approximate surface area is 149 Å². The van der Waals surface area contributed by atoms with E-state index in [2.05, 4.69) is 24.8 Å². The Hall–Kier alpha value is -1.03. The van der Waals surface area contributed by atoms with Crippen LogP contribution < -0.4 is 0 Å². The SMILES string of the molecule is CC.CC.[CH2-]c1ccccc1C#Cc1[c-]cccc1.[Y]. The molecule has 2 aromatic carbocycles. The minimum Gasteiger partial charge on any atom is -0.200 e. The molecule has 0 atom stereocenters. The van der Waals surface area contributed by atoms with Crippen LogP contribution in [0.4, 0.5) is 0 Å². The van der Waals surface area contributed by atoms with E-state index in [1.165, 1.54) is 0 Å². The molecule has 0 bridgehead atoms. The Kier molecular flexibility index (Phi) is 15.3. The van der Waals surface area contributed by atoms with Crippen molar-refractivity contribution < 1.29 is 32.7 Å². The largest absolute Gasteiger partial charge is 0.200 e. The van der Waals surface area contributed by atoms with Crippen LogP contribution in [0.5, 0.6) is 0 Å². The summed E-state index contributed by atoms with van der Waals surface area (Å²) in [5.74, 6) is 6.14. The van der Waals surface area contributed by atoms with Gasteiger partial charge in [-0.2, -0.15) is 24.5 Å². The molecule has 0 amide bonds. The van der Waals surface area contributed by atoms with Gasteiger partial charge in [-0.15, -0.1) is 48.0 Å². The molecule has 0 nitrogen and oxygen atoms in total. The van der Waals surface area contributed by atoms with Crippen LogP contribution in [-0.2, 0) is 32.7 Å². The molecule has 0 aliphatic heterocycles. The third kappa shape index (κ3) is 8.21. The van der Waals surface area contributed by atoms with Gasteiger partial charge in [0.15, 0.2) is 0 Å². The summed E-state index contributed by atoms with van der Waals surface area (Å²) < 4.78 is 0. The fourth-order valence-corrected chi connectivity index (χ4v) is 1.25. The summed E-state index contributed by atoms with van der Waals surface area (Å²) in [6, 6.07) is 18.6. The first-order valence-electron chi connectivity index (χ1n) is 6.76. The summed E-state index contributed by atoms with van der Waals surface area (Å²) in [6.07, 6.45) is 0. The first-order valence-corrected chi connectivity index (χ1v) is 6.76. The zero-order valence-corrected chi connectivity index (χ0v) is 15.7. The van der Waals surface area contributed by atoms with E-state index in [9.17, 15) is 0 Å². The van der Waals surface area contributed by atoms with Crippen molar-refractivity contribution in [1.82, 2.24) is 0 Å². The monoisotopic (exact) mass is 339 g/mol. The summed E-state index contributed by atoms with van der Waals surface area (Å²) in [5.41, 5.74) is 2.83. The Morgan fingerprint density at radius 1 is 0.850 bits per heavy atom. The van der Waals surface area contributed by atoms with E-state index < -0.39 is 0 Å². The van der Waals surface area contributed by atoms with Gasteiger partial charge in [-0.1, -0.05) is 39.3 Å². The van der Waals surface area contributed by atoms with Gasteiger partial charge < -0.3 is 0 Å².